The van der Waals surface area contributed by atoms with Crippen LogP contribution in [0.5, 0.6) is 0 Å². The number of Topliss-reactive ketones (excluding diaryl/α,β-unsaturated/α-hetero) is 1. The lowest BCUT2D eigenvalue weighted by Gasteiger charge is -2.30. The molecule has 1 aromatic rings. The van der Waals surface area contributed by atoms with Crippen molar-refractivity contribution < 1.29 is 4.79 Å². The number of benzene rings is 1. The molecule has 0 heterocycles. The van der Waals surface area contributed by atoms with Gasteiger partial charge in [-0.25, -0.2) is 0 Å². The summed E-state index contributed by atoms with van der Waals surface area (Å²) in [6.45, 7) is 2.33. The highest BCUT2D eigenvalue weighted by Crippen LogP contribution is 2.40. The molecule has 1 aromatic carbocycles. The molecule has 3 atom stereocenters. The molecule has 0 aliphatic heterocycles. The molecule has 0 saturated heterocycles. The molecule has 0 N–H and O–H groups in total. The quantitative estimate of drug-likeness (QED) is 0.713. The lowest BCUT2D eigenvalue weighted by molar-refractivity contribution is 0.0851. The first-order valence-corrected chi connectivity index (χ1v) is 6.88. The van der Waals surface area contributed by atoms with Crippen molar-refractivity contribution in [1.82, 2.24) is 0 Å². The first kappa shape index (κ1) is 11.0. The fourth-order valence-corrected chi connectivity index (χ4v) is 3.70. The van der Waals surface area contributed by atoms with Gasteiger partial charge in [0, 0.05) is 11.5 Å². The molecule has 3 unspecified atom stereocenters. The summed E-state index contributed by atoms with van der Waals surface area (Å²) in [6.07, 6.45) is 6.17. The minimum atomic E-state index is 0.287. The first-order valence-electron chi connectivity index (χ1n) is 6.88. The molecule has 0 spiro atoms. The fourth-order valence-electron chi connectivity index (χ4n) is 3.70. The van der Waals surface area contributed by atoms with Crippen molar-refractivity contribution in [1.29, 1.82) is 0 Å². The van der Waals surface area contributed by atoms with E-state index in [9.17, 15) is 4.79 Å². The lowest BCUT2D eigenvalue weighted by Crippen LogP contribution is -2.25. The standard InChI is InChI=1S/C16H20O/c1-11-5-4-7-12(9-11)15-10-13-6-2-3-8-14(13)16(15)17/h2-3,6,8,11-12,15H,4-5,7,9-10H2,1H3. The Bertz CT molecular complexity index is 435. The molecule has 0 amide bonds. The molecule has 1 heteroatoms. The highest BCUT2D eigenvalue weighted by molar-refractivity contribution is 6.02. The fraction of sp³-hybridized carbons (Fsp3) is 0.562. The van der Waals surface area contributed by atoms with Gasteiger partial charge in [-0.3, -0.25) is 4.79 Å². The summed E-state index contributed by atoms with van der Waals surface area (Å²) < 4.78 is 0. The molecular weight excluding hydrogens is 208 g/mol. The SMILES string of the molecule is CC1CCCC(C2Cc3ccccc3C2=O)C1. The zero-order chi connectivity index (χ0) is 11.8. The van der Waals surface area contributed by atoms with Gasteiger partial charge in [0.15, 0.2) is 5.78 Å². The van der Waals surface area contributed by atoms with Crippen LogP contribution in [-0.4, -0.2) is 5.78 Å². The van der Waals surface area contributed by atoms with E-state index in [1.807, 2.05) is 12.1 Å². The van der Waals surface area contributed by atoms with Crippen LogP contribution < -0.4 is 0 Å². The van der Waals surface area contributed by atoms with Crippen LogP contribution in [0.4, 0.5) is 0 Å². The van der Waals surface area contributed by atoms with Crippen LogP contribution in [0.1, 0.15) is 48.5 Å². The van der Waals surface area contributed by atoms with Gasteiger partial charge in [-0.05, 0) is 36.7 Å². The molecule has 0 radical (unpaired) electrons. The Morgan fingerprint density at radius 3 is 2.76 bits per heavy atom. The second-order valence-electron chi connectivity index (χ2n) is 5.86. The number of rotatable bonds is 1. The van der Waals surface area contributed by atoms with Crippen LogP contribution in [0.2, 0.25) is 0 Å². The van der Waals surface area contributed by atoms with E-state index in [1.54, 1.807) is 0 Å². The molecule has 1 fully saturated rings. The Labute approximate surface area is 103 Å². The summed E-state index contributed by atoms with van der Waals surface area (Å²) in [4.78, 5) is 12.4. The molecule has 0 aromatic heterocycles. The zero-order valence-electron chi connectivity index (χ0n) is 10.5. The van der Waals surface area contributed by atoms with Crippen molar-refractivity contribution in [2.24, 2.45) is 17.8 Å². The third kappa shape index (κ3) is 1.92. The first-order chi connectivity index (χ1) is 8.25. The Balaban J connectivity index is 1.81. The number of ketones is 1. The van der Waals surface area contributed by atoms with Crippen molar-refractivity contribution in [3.63, 3.8) is 0 Å². The normalized spacial score (nSPS) is 32.5. The van der Waals surface area contributed by atoms with Crippen molar-refractivity contribution in [3.05, 3.63) is 35.4 Å². The van der Waals surface area contributed by atoms with Crippen LogP contribution >= 0.6 is 0 Å². The van der Waals surface area contributed by atoms with Crippen LogP contribution in [0, 0.1) is 17.8 Å². The van der Waals surface area contributed by atoms with Crippen molar-refractivity contribution in [2.45, 2.75) is 39.0 Å². The van der Waals surface area contributed by atoms with Gasteiger partial charge >= 0.3 is 0 Å². The van der Waals surface area contributed by atoms with Gasteiger partial charge in [-0.15, -0.1) is 0 Å². The molecule has 90 valence electrons. The minimum Gasteiger partial charge on any atom is -0.294 e. The van der Waals surface area contributed by atoms with E-state index >= 15 is 0 Å². The van der Waals surface area contributed by atoms with E-state index in [0.717, 1.165) is 17.9 Å². The van der Waals surface area contributed by atoms with Crippen LogP contribution in [0.3, 0.4) is 0 Å². The van der Waals surface area contributed by atoms with Crippen molar-refractivity contribution in [3.8, 4) is 0 Å². The second kappa shape index (κ2) is 4.29. The van der Waals surface area contributed by atoms with Crippen LogP contribution in [0.25, 0.3) is 0 Å². The molecule has 1 nitrogen and oxygen atoms in total. The molecule has 1 saturated carbocycles. The summed E-state index contributed by atoms with van der Waals surface area (Å²) in [5.74, 6) is 2.15. The van der Waals surface area contributed by atoms with Gasteiger partial charge < -0.3 is 0 Å². The van der Waals surface area contributed by atoms with Gasteiger partial charge in [-0.1, -0.05) is 44.0 Å². The average Bonchev–Trinajstić information content (AvgIpc) is 2.68. The molecule has 0 bridgehead atoms. The maximum Gasteiger partial charge on any atom is 0.166 e. The summed E-state index contributed by atoms with van der Waals surface area (Å²) in [7, 11) is 0. The maximum atomic E-state index is 12.4. The Morgan fingerprint density at radius 1 is 1.18 bits per heavy atom. The zero-order valence-corrected chi connectivity index (χ0v) is 10.5. The van der Waals surface area contributed by atoms with Gasteiger partial charge in [0.1, 0.15) is 0 Å². The smallest absolute Gasteiger partial charge is 0.166 e. The van der Waals surface area contributed by atoms with Gasteiger partial charge in [0.05, 0.1) is 0 Å². The third-order valence-electron chi connectivity index (χ3n) is 4.61. The Kier molecular flexibility index (Phi) is 2.78. The highest BCUT2D eigenvalue weighted by Gasteiger charge is 2.37. The minimum absolute atomic E-state index is 0.287. The molecular formula is C16H20O. The van der Waals surface area contributed by atoms with E-state index in [2.05, 4.69) is 19.1 Å². The Hall–Kier alpha value is -1.11. The van der Waals surface area contributed by atoms with Crippen molar-refractivity contribution >= 4 is 5.78 Å². The second-order valence-corrected chi connectivity index (χ2v) is 5.86. The van der Waals surface area contributed by atoms with E-state index in [4.69, 9.17) is 0 Å². The number of hydrogen-bond donors (Lipinski definition) is 0. The predicted molar refractivity (Wildman–Crippen MR) is 69.1 cm³/mol. The Morgan fingerprint density at radius 2 is 2.00 bits per heavy atom. The van der Waals surface area contributed by atoms with E-state index in [-0.39, 0.29) is 5.92 Å². The molecule has 2 aliphatic carbocycles. The van der Waals surface area contributed by atoms with Gasteiger partial charge in [0.25, 0.3) is 0 Å². The van der Waals surface area contributed by atoms with Crippen LogP contribution in [0.15, 0.2) is 24.3 Å². The van der Waals surface area contributed by atoms with Gasteiger partial charge in [0.2, 0.25) is 0 Å². The molecule has 3 rings (SSSR count). The lowest BCUT2D eigenvalue weighted by atomic mass is 9.74. The molecule has 2 aliphatic rings. The van der Waals surface area contributed by atoms with E-state index in [0.29, 0.717) is 11.7 Å². The highest BCUT2D eigenvalue weighted by atomic mass is 16.1. The molecule has 17 heavy (non-hydrogen) atoms. The van der Waals surface area contributed by atoms with Crippen molar-refractivity contribution in [2.75, 3.05) is 0 Å². The summed E-state index contributed by atoms with van der Waals surface area (Å²) in [6, 6.07) is 8.17. The van der Waals surface area contributed by atoms with Gasteiger partial charge in [-0.2, -0.15) is 0 Å². The average molecular weight is 228 g/mol. The summed E-state index contributed by atoms with van der Waals surface area (Å²) in [5, 5.41) is 0. The maximum absolute atomic E-state index is 12.4. The largest absolute Gasteiger partial charge is 0.294 e. The van der Waals surface area contributed by atoms with E-state index < -0.39 is 0 Å². The number of fused-ring (bicyclic) bond motifs is 1. The number of hydrogen-bond acceptors (Lipinski definition) is 1. The third-order valence-corrected chi connectivity index (χ3v) is 4.61. The number of carbonyl (C=O) groups excluding carboxylic acids is 1. The summed E-state index contributed by atoms with van der Waals surface area (Å²) in [5.41, 5.74) is 2.27. The predicted octanol–water partition coefficient (Wildman–Crippen LogP) is 3.87. The summed E-state index contributed by atoms with van der Waals surface area (Å²) >= 11 is 0. The van der Waals surface area contributed by atoms with Crippen LogP contribution in [-0.2, 0) is 6.42 Å². The monoisotopic (exact) mass is 228 g/mol. The number of carbonyl (C=O) groups is 1. The van der Waals surface area contributed by atoms with E-state index in [1.165, 1.54) is 31.2 Å². The topological polar surface area (TPSA) is 17.1 Å².